The van der Waals surface area contributed by atoms with Crippen molar-refractivity contribution in [3.63, 3.8) is 0 Å². The van der Waals surface area contributed by atoms with Crippen LogP contribution in [0.2, 0.25) is 0 Å². The van der Waals surface area contributed by atoms with Crippen LogP contribution in [-0.4, -0.2) is 24.2 Å². The van der Waals surface area contributed by atoms with Gasteiger partial charge in [-0.25, -0.2) is 0 Å². The Morgan fingerprint density at radius 1 is 1.39 bits per heavy atom. The molecule has 1 aromatic carbocycles. The Bertz CT molecular complexity index is 577. The molecular weight excluding hydrogens is 228 g/mol. The highest BCUT2D eigenvalue weighted by Crippen LogP contribution is 2.12. The molecule has 4 heteroatoms. The van der Waals surface area contributed by atoms with Crippen LogP contribution < -0.4 is 10.9 Å². The van der Waals surface area contributed by atoms with Crippen LogP contribution in [0.15, 0.2) is 35.1 Å². The Hall–Kier alpha value is -1.81. The van der Waals surface area contributed by atoms with E-state index >= 15 is 0 Å². The molecule has 0 saturated carbocycles. The summed E-state index contributed by atoms with van der Waals surface area (Å²) in [6.45, 7) is 5.32. The van der Waals surface area contributed by atoms with Gasteiger partial charge in [-0.1, -0.05) is 18.2 Å². The molecule has 0 amide bonds. The zero-order chi connectivity index (χ0) is 13.0. The van der Waals surface area contributed by atoms with Crippen molar-refractivity contribution in [2.75, 3.05) is 18.5 Å². The number of hydrogen-bond donors (Lipinski definition) is 2. The molecule has 0 fully saturated rings. The highest BCUT2D eigenvalue weighted by molar-refractivity contribution is 5.83. The number of anilines is 1. The van der Waals surface area contributed by atoms with Gasteiger partial charge in [-0.05, 0) is 31.4 Å². The standard InChI is InChI=1S/C14H18N2O2/c1-3-18-10(2)9-15-13-8-11-6-4-5-7-12(11)14(17)16-13/h4-8,10H,3,9H2,1-2H3,(H2,15,16,17). The summed E-state index contributed by atoms with van der Waals surface area (Å²) >= 11 is 0. The van der Waals surface area contributed by atoms with Crippen molar-refractivity contribution in [3.05, 3.63) is 40.7 Å². The Morgan fingerprint density at radius 3 is 2.94 bits per heavy atom. The molecular formula is C14H18N2O2. The largest absolute Gasteiger partial charge is 0.377 e. The SMILES string of the molecule is CCOC(C)CNc1cc2ccccc2c(=O)[nH]1. The molecule has 0 saturated heterocycles. The van der Waals surface area contributed by atoms with E-state index in [0.29, 0.717) is 18.5 Å². The average molecular weight is 246 g/mol. The summed E-state index contributed by atoms with van der Waals surface area (Å²) in [5.74, 6) is 0.727. The fraction of sp³-hybridized carbons (Fsp3) is 0.357. The Balaban J connectivity index is 2.17. The maximum absolute atomic E-state index is 11.8. The molecule has 1 unspecified atom stereocenters. The van der Waals surface area contributed by atoms with Gasteiger partial charge < -0.3 is 15.0 Å². The number of benzene rings is 1. The highest BCUT2D eigenvalue weighted by atomic mass is 16.5. The molecule has 18 heavy (non-hydrogen) atoms. The minimum atomic E-state index is -0.0698. The third kappa shape index (κ3) is 2.90. The molecule has 2 N–H and O–H groups in total. The Morgan fingerprint density at radius 2 is 2.17 bits per heavy atom. The van der Waals surface area contributed by atoms with E-state index in [2.05, 4.69) is 10.3 Å². The molecule has 0 spiro atoms. The van der Waals surface area contributed by atoms with Gasteiger partial charge in [0.15, 0.2) is 0 Å². The van der Waals surface area contributed by atoms with Gasteiger partial charge >= 0.3 is 0 Å². The normalized spacial score (nSPS) is 12.6. The topological polar surface area (TPSA) is 54.1 Å². The lowest BCUT2D eigenvalue weighted by Crippen LogP contribution is -2.21. The maximum Gasteiger partial charge on any atom is 0.257 e. The van der Waals surface area contributed by atoms with Crippen LogP contribution in [0.1, 0.15) is 13.8 Å². The molecule has 0 radical (unpaired) electrons. The number of ether oxygens (including phenoxy) is 1. The number of aromatic nitrogens is 1. The molecule has 2 aromatic rings. The molecule has 0 aliphatic heterocycles. The average Bonchev–Trinajstić information content (AvgIpc) is 2.37. The third-order valence-electron chi connectivity index (χ3n) is 2.78. The first-order chi connectivity index (χ1) is 8.70. The summed E-state index contributed by atoms with van der Waals surface area (Å²) < 4.78 is 5.43. The highest BCUT2D eigenvalue weighted by Gasteiger charge is 2.03. The second kappa shape index (κ2) is 5.69. The zero-order valence-electron chi connectivity index (χ0n) is 10.7. The van der Waals surface area contributed by atoms with Crippen LogP contribution in [0.4, 0.5) is 5.82 Å². The Labute approximate surface area is 106 Å². The van der Waals surface area contributed by atoms with Crippen molar-refractivity contribution in [2.45, 2.75) is 20.0 Å². The fourth-order valence-electron chi connectivity index (χ4n) is 1.90. The minimum absolute atomic E-state index is 0.0698. The lowest BCUT2D eigenvalue weighted by atomic mass is 10.2. The van der Waals surface area contributed by atoms with Gasteiger partial charge in [0, 0.05) is 18.5 Å². The first-order valence-corrected chi connectivity index (χ1v) is 6.18. The number of pyridine rings is 1. The molecule has 0 aliphatic carbocycles. The zero-order valence-corrected chi connectivity index (χ0v) is 10.7. The lowest BCUT2D eigenvalue weighted by Gasteiger charge is -2.13. The van der Waals surface area contributed by atoms with E-state index in [1.807, 2.05) is 44.2 Å². The Kier molecular flexibility index (Phi) is 3.99. The summed E-state index contributed by atoms with van der Waals surface area (Å²) in [6, 6.07) is 9.48. The van der Waals surface area contributed by atoms with Crippen molar-refractivity contribution in [1.29, 1.82) is 0 Å². The van der Waals surface area contributed by atoms with Crippen LogP contribution in [0.5, 0.6) is 0 Å². The number of nitrogens with one attached hydrogen (secondary N) is 2. The van der Waals surface area contributed by atoms with Gasteiger partial charge in [-0.3, -0.25) is 4.79 Å². The molecule has 1 heterocycles. The van der Waals surface area contributed by atoms with Crippen molar-refractivity contribution in [1.82, 2.24) is 4.98 Å². The van der Waals surface area contributed by atoms with Crippen molar-refractivity contribution in [2.24, 2.45) is 0 Å². The summed E-state index contributed by atoms with van der Waals surface area (Å²) in [4.78, 5) is 14.7. The van der Waals surface area contributed by atoms with E-state index in [1.165, 1.54) is 0 Å². The molecule has 4 nitrogen and oxygen atoms in total. The van der Waals surface area contributed by atoms with E-state index in [-0.39, 0.29) is 11.7 Å². The minimum Gasteiger partial charge on any atom is -0.377 e. The smallest absolute Gasteiger partial charge is 0.257 e. The second-order valence-corrected chi connectivity index (χ2v) is 4.25. The fourth-order valence-corrected chi connectivity index (χ4v) is 1.90. The van der Waals surface area contributed by atoms with E-state index < -0.39 is 0 Å². The number of rotatable bonds is 5. The third-order valence-corrected chi connectivity index (χ3v) is 2.78. The van der Waals surface area contributed by atoms with Crippen LogP contribution in [0, 0.1) is 0 Å². The van der Waals surface area contributed by atoms with Crippen molar-refractivity contribution >= 4 is 16.6 Å². The van der Waals surface area contributed by atoms with Crippen LogP contribution in [0.3, 0.4) is 0 Å². The van der Waals surface area contributed by atoms with Gasteiger partial charge in [0.1, 0.15) is 5.82 Å². The quantitative estimate of drug-likeness (QED) is 0.851. The maximum atomic E-state index is 11.8. The van der Waals surface area contributed by atoms with E-state index in [0.717, 1.165) is 11.2 Å². The second-order valence-electron chi connectivity index (χ2n) is 4.25. The predicted molar refractivity (Wildman–Crippen MR) is 74.1 cm³/mol. The van der Waals surface area contributed by atoms with Gasteiger partial charge in [-0.15, -0.1) is 0 Å². The molecule has 0 aliphatic rings. The van der Waals surface area contributed by atoms with Crippen LogP contribution in [-0.2, 0) is 4.74 Å². The van der Waals surface area contributed by atoms with E-state index in [4.69, 9.17) is 4.74 Å². The molecule has 2 rings (SSSR count). The number of fused-ring (bicyclic) bond motifs is 1. The van der Waals surface area contributed by atoms with Gasteiger partial charge in [0.05, 0.1) is 6.10 Å². The van der Waals surface area contributed by atoms with Crippen LogP contribution >= 0.6 is 0 Å². The van der Waals surface area contributed by atoms with E-state index in [1.54, 1.807) is 0 Å². The summed E-state index contributed by atoms with van der Waals surface area (Å²) in [7, 11) is 0. The monoisotopic (exact) mass is 246 g/mol. The summed E-state index contributed by atoms with van der Waals surface area (Å²) in [5.41, 5.74) is -0.0698. The molecule has 96 valence electrons. The number of H-pyrrole nitrogens is 1. The molecule has 1 aromatic heterocycles. The number of aromatic amines is 1. The summed E-state index contributed by atoms with van der Waals surface area (Å²) in [5, 5.41) is 4.83. The van der Waals surface area contributed by atoms with Crippen LogP contribution in [0.25, 0.3) is 10.8 Å². The first-order valence-electron chi connectivity index (χ1n) is 6.18. The van der Waals surface area contributed by atoms with Crippen molar-refractivity contribution < 1.29 is 4.74 Å². The summed E-state index contributed by atoms with van der Waals surface area (Å²) in [6.07, 6.45) is 0.116. The van der Waals surface area contributed by atoms with Gasteiger partial charge in [0.2, 0.25) is 0 Å². The van der Waals surface area contributed by atoms with E-state index in [9.17, 15) is 4.79 Å². The first kappa shape index (κ1) is 12.6. The predicted octanol–water partition coefficient (Wildman–Crippen LogP) is 2.37. The lowest BCUT2D eigenvalue weighted by molar-refractivity contribution is 0.0855. The number of hydrogen-bond acceptors (Lipinski definition) is 3. The van der Waals surface area contributed by atoms with Gasteiger partial charge in [0.25, 0.3) is 5.56 Å². The van der Waals surface area contributed by atoms with Gasteiger partial charge in [-0.2, -0.15) is 0 Å². The molecule has 0 bridgehead atoms. The van der Waals surface area contributed by atoms with Crippen molar-refractivity contribution in [3.8, 4) is 0 Å². The molecule has 1 atom stereocenters.